The number of ether oxygens (including phenoxy) is 3. The summed E-state index contributed by atoms with van der Waals surface area (Å²) < 4.78 is 14.3. The second kappa shape index (κ2) is 9.11. The molecule has 0 radical (unpaired) electrons. The molecule has 6 nitrogen and oxygen atoms in total. The van der Waals surface area contributed by atoms with E-state index in [-0.39, 0.29) is 19.1 Å². The number of likely N-dealkylation sites (N-methyl/N-ethyl adjacent to an activating group) is 1. The third-order valence-corrected chi connectivity index (χ3v) is 1.94. The van der Waals surface area contributed by atoms with E-state index >= 15 is 0 Å². The highest BCUT2D eigenvalue weighted by Gasteiger charge is 2.15. The van der Waals surface area contributed by atoms with E-state index in [1.165, 1.54) is 12.0 Å². The molecule has 0 bridgehead atoms. The maximum Gasteiger partial charge on any atom is 0.325 e. The molecule has 0 rings (SSSR count). The Labute approximate surface area is 95.4 Å². The molecule has 0 heterocycles. The molecule has 0 aromatic heterocycles. The average molecular weight is 233 g/mol. The smallest absolute Gasteiger partial charge is 0.325 e. The van der Waals surface area contributed by atoms with Gasteiger partial charge in [-0.3, -0.25) is 9.59 Å². The Bertz CT molecular complexity index is 219. The van der Waals surface area contributed by atoms with E-state index in [2.05, 4.69) is 4.74 Å². The van der Waals surface area contributed by atoms with E-state index in [1.807, 2.05) is 0 Å². The molecule has 0 saturated heterocycles. The number of carbonyl (C=O) groups excluding carboxylic acids is 2. The van der Waals surface area contributed by atoms with Gasteiger partial charge in [-0.25, -0.2) is 0 Å². The van der Waals surface area contributed by atoms with Crippen LogP contribution in [0.2, 0.25) is 0 Å². The number of amides is 1. The fraction of sp³-hybridized carbons (Fsp3) is 0.800. The molecule has 0 fully saturated rings. The number of carbonyl (C=O) groups is 2. The second-order valence-electron chi connectivity index (χ2n) is 3.03. The van der Waals surface area contributed by atoms with Gasteiger partial charge in [0.1, 0.15) is 13.2 Å². The molecule has 0 spiro atoms. The summed E-state index contributed by atoms with van der Waals surface area (Å²) in [5.74, 6) is -0.670. The lowest BCUT2D eigenvalue weighted by Crippen LogP contribution is -2.38. The lowest BCUT2D eigenvalue weighted by atomic mass is 10.4. The monoisotopic (exact) mass is 233 g/mol. The quantitative estimate of drug-likeness (QED) is 0.424. The van der Waals surface area contributed by atoms with Gasteiger partial charge in [-0.1, -0.05) is 0 Å². The Morgan fingerprint density at radius 1 is 1.19 bits per heavy atom. The summed E-state index contributed by atoms with van der Waals surface area (Å²) in [6.07, 6.45) is 0. The molecule has 1 amide bonds. The number of methoxy groups -OCH3 is 2. The lowest BCUT2D eigenvalue weighted by Gasteiger charge is -2.19. The first-order chi connectivity index (χ1) is 7.65. The van der Waals surface area contributed by atoms with Gasteiger partial charge in [0.05, 0.1) is 20.3 Å². The van der Waals surface area contributed by atoms with Crippen molar-refractivity contribution in [2.24, 2.45) is 0 Å². The highest BCUT2D eigenvalue weighted by Crippen LogP contribution is 1.92. The van der Waals surface area contributed by atoms with Gasteiger partial charge in [-0.2, -0.15) is 0 Å². The van der Waals surface area contributed by atoms with Gasteiger partial charge in [0.25, 0.3) is 0 Å². The van der Waals surface area contributed by atoms with Crippen LogP contribution in [0.15, 0.2) is 0 Å². The fourth-order valence-corrected chi connectivity index (χ4v) is 0.990. The van der Waals surface area contributed by atoms with Gasteiger partial charge in [0, 0.05) is 13.7 Å². The van der Waals surface area contributed by atoms with E-state index in [1.54, 1.807) is 14.0 Å². The summed E-state index contributed by atoms with van der Waals surface area (Å²) in [5.41, 5.74) is 0. The highest BCUT2D eigenvalue weighted by molar-refractivity contribution is 5.82. The van der Waals surface area contributed by atoms with E-state index in [0.29, 0.717) is 19.8 Å². The minimum absolute atomic E-state index is 0.0422. The third kappa shape index (κ3) is 6.36. The van der Waals surface area contributed by atoms with Crippen LogP contribution in [-0.2, 0) is 23.8 Å². The molecular weight excluding hydrogens is 214 g/mol. The average Bonchev–Trinajstić information content (AvgIpc) is 2.30. The SMILES string of the molecule is CCN(CC(=O)OC)C(=O)COCCOC. The third-order valence-electron chi connectivity index (χ3n) is 1.94. The Morgan fingerprint density at radius 2 is 1.88 bits per heavy atom. The molecule has 0 N–H and O–H groups in total. The van der Waals surface area contributed by atoms with Crippen LogP contribution in [0.5, 0.6) is 0 Å². The predicted octanol–water partition coefficient (Wildman–Crippen LogP) is -0.329. The highest BCUT2D eigenvalue weighted by atomic mass is 16.5. The van der Waals surface area contributed by atoms with Gasteiger partial charge in [-0.05, 0) is 6.92 Å². The summed E-state index contributed by atoms with van der Waals surface area (Å²) in [6.45, 7) is 2.94. The van der Waals surface area contributed by atoms with Crippen LogP contribution in [0.1, 0.15) is 6.92 Å². The maximum atomic E-state index is 11.5. The largest absolute Gasteiger partial charge is 0.468 e. The van der Waals surface area contributed by atoms with Crippen molar-refractivity contribution in [1.29, 1.82) is 0 Å². The first-order valence-corrected chi connectivity index (χ1v) is 5.07. The van der Waals surface area contributed by atoms with E-state index in [4.69, 9.17) is 9.47 Å². The molecule has 16 heavy (non-hydrogen) atoms. The molecule has 0 aliphatic carbocycles. The van der Waals surface area contributed by atoms with Crippen LogP contribution in [0, 0.1) is 0 Å². The van der Waals surface area contributed by atoms with Crippen molar-refractivity contribution < 1.29 is 23.8 Å². The van der Waals surface area contributed by atoms with Gasteiger partial charge in [0.2, 0.25) is 5.91 Å². The molecule has 0 aromatic rings. The summed E-state index contributed by atoms with van der Waals surface area (Å²) in [6, 6.07) is 0. The molecule has 0 atom stereocenters. The summed E-state index contributed by atoms with van der Waals surface area (Å²) in [5, 5.41) is 0. The van der Waals surface area contributed by atoms with E-state index in [9.17, 15) is 9.59 Å². The zero-order valence-electron chi connectivity index (χ0n) is 10.0. The van der Waals surface area contributed by atoms with E-state index in [0.717, 1.165) is 0 Å². The van der Waals surface area contributed by atoms with Gasteiger partial charge in [-0.15, -0.1) is 0 Å². The molecule has 0 saturated carbocycles. The van der Waals surface area contributed by atoms with Crippen LogP contribution < -0.4 is 0 Å². The number of esters is 1. The van der Waals surface area contributed by atoms with Crippen LogP contribution in [-0.4, -0.2) is 63.9 Å². The normalized spacial score (nSPS) is 9.94. The fourth-order valence-electron chi connectivity index (χ4n) is 0.990. The van der Waals surface area contributed by atoms with Crippen molar-refractivity contribution in [3.8, 4) is 0 Å². The Morgan fingerprint density at radius 3 is 2.38 bits per heavy atom. The number of rotatable bonds is 8. The van der Waals surface area contributed by atoms with Crippen LogP contribution in [0.4, 0.5) is 0 Å². The predicted molar refractivity (Wildman–Crippen MR) is 57.0 cm³/mol. The molecule has 0 aliphatic heterocycles. The van der Waals surface area contributed by atoms with Gasteiger partial charge >= 0.3 is 5.97 Å². The molecule has 0 aliphatic rings. The lowest BCUT2D eigenvalue weighted by molar-refractivity contribution is -0.148. The maximum absolute atomic E-state index is 11.5. The van der Waals surface area contributed by atoms with Crippen LogP contribution in [0.3, 0.4) is 0 Å². The van der Waals surface area contributed by atoms with E-state index < -0.39 is 5.97 Å². The topological polar surface area (TPSA) is 65.1 Å². The second-order valence-corrected chi connectivity index (χ2v) is 3.03. The molecule has 0 unspecified atom stereocenters. The van der Waals surface area contributed by atoms with Crippen molar-refractivity contribution in [1.82, 2.24) is 4.90 Å². The summed E-state index contributed by atoms with van der Waals surface area (Å²) in [7, 11) is 2.84. The van der Waals surface area contributed by atoms with Crippen molar-refractivity contribution in [3.05, 3.63) is 0 Å². The Kier molecular flexibility index (Phi) is 8.46. The minimum Gasteiger partial charge on any atom is -0.468 e. The molecule has 0 aromatic carbocycles. The van der Waals surface area contributed by atoms with Crippen molar-refractivity contribution >= 4 is 11.9 Å². The number of hydrogen-bond donors (Lipinski definition) is 0. The van der Waals surface area contributed by atoms with Crippen LogP contribution >= 0.6 is 0 Å². The zero-order valence-corrected chi connectivity index (χ0v) is 10.0. The Balaban J connectivity index is 3.87. The number of hydrogen-bond acceptors (Lipinski definition) is 5. The van der Waals surface area contributed by atoms with Crippen molar-refractivity contribution in [2.45, 2.75) is 6.92 Å². The molecule has 6 heteroatoms. The van der Waals surface area contributed by atoms with Gasteiger partial charge in [0.15, 0.2) is 0 Å². The molecular formula is C10H19NO5. The molecule has 94 valence electrons. The first-order valence-electron chi connectivity index (χ1n) is 5.07. The standard InChI is InChI=1S/C10H19NO5/c1-4-11(7-10(13)15-3)9(12)8-16-6-5-14-2/h4-8H2,1-3H3. The summed E-state index contributed by atoms with van der Waals surface area (Å²) in [4.78, 5) is 23.9. The first kappa shape index (κ1) is 14.9. The minimum atomic E-state index is -0.438. The zero-order chi connectivity index (χ0) is 12.4. The summed E-state index contributed by atoms with van der Waals surface area (Å²) >= 11 is 0. The van der Waals surface area contributed by atoms with Crippen molar-refractivity contribution in [2.75, 3.05) is 47.1 Å². The van der Waals surface area contributed by atoms with Crippen molar-refractivity contribution in [3.63, 3.8) is 0 Å². The van der Waals surface area contributed by atoms with Gasteiger partial charge < -0.3 is 19.1 Å². The number of nitrogens with zero attached hydrogens (tertiary/aromatic N) is 1. The Hall–Kier alpha value is -1.14. The van der Waals surface area contributed by atoms with Crippen LogP contribution in [0.25, 0.3) is 0 Å².